The molecule has 0 bridgehead atoms. The minimum absolute atomic E-state index is 0.469. The summed E-state index contributed by atoms with van der Waals surface area (Å²) in [4.78, 5) is 0. The lowest BCUT2D eigenvalue weighted by molar-refractivity contribution is 0.436. The molecule has 0 N–H and O–H groups in total. The summed E-state index contributed by atoms with van der Waals surface area (Å²) in [6.07, 6.45) is 0. The van der Waals surface area contributed by atoms with Gasteiger partial charge in [0.1, 0.15) is 11.5 Å². The van der Waals surface area contributed by atoms with E-state index in [9.17, 15) is 0 Å². The molecule has 2 aliphatic rings. The van der Waals surface area contributed by atoms with Crippen molar-refractivity contribution >= 4 is 0 Å². The van der Waals surface area contributed by atoms with Crippen LogP contribution >= 0.6 is 0 Å². The third-order valence-corrected chi connectivity index (χ3v) is 10.6. The summed E-state index contributed by atoms with van der Waals surface area (Å²) in [7, 11) is 0. The molecule has 0 saturated carbocycles. The van der Waals surface area contributed by atoms with Gasteiger partial charge in [-0.3, -0.25) is 0 Å². The maximum atomic E-state index is 6.86. The van der Waals surface area contributed by atoms with E-state index in [-0.39, 0.29) is 0 Å². The first-order chi connectivity index (χ1) is 24.8. The number of hydrogen-bond acceptors (Lipinski definition) is 1. The molecule has 50 heavy (non-hydrogen) atoms. The van der Waals surface area contributed by atoms with Crippen LogP contribution in [0.25, 0.3) is 55.6 Å². The fraction of sp³-hybridized carbons (Fsp3) is 0.0204. The van der Waals surface area contributed by atoms with Crippen molar-refractivity contribution in [1.82, 2.24) is 0 Å². The topological polar surface area (TPSA) is 9.23 Å². The van der Waals surface area contributed by atoms with Gasteiger partial charge in [0.05, 0.1) is 5.41 Å². The lowest BCUT2D eigenvalue weighted by Gasteiger charge is -2.39. The second kappa shape index (κ2) is 11.3. The van der Waals surface area contributed by atoms with E-state index in [1.54, 1.807) is 0 Å². The Kier molecular flexibility index (Phi) is 6.47. The molecule has 8 aromatic rings. The Bertz CT molecular complexity index is 2530. The highest BCUT2D eigenvalue weighted by Crippen LogP contribution is 2.62. The normalized spacial score (nSPS) is 13.1. The smallest absolute Gasteiger partial charge is 0.132 e. The second-order valence-electron chi connectivity index (χ2n) is 13.2. The standard InChI is InChI=1S/C49H32O/c1-2-16-33(17-3-1)35-18-4-6-20-37(35)39-22-8-9-23-40(39)38-21-7-5-19-36(38)34-30-31-46-48(32-34)50-47-29-15-14-28-45(47)49(46)43-26-12-10-24-41(43)42-25-11-13-27-44(42)49/h1-32H. The van der Waals surface area contributed by atoms with Gasteiger partial charge in [-0.05, 0) is 78.9 Å². The van der Waals surface area contributed by atoms with Crippen LogP contribution in [0.2, 0.25) is 0 Å². The summed E-state index contributed by atoms with van der Waals surface area (Å²) in [5, 5.41) is 0. The fourth-order valence-corrected chi connectivity index (χ4v) is 8.54. The van der Waals surface area contributed by atoms with Crippen LogP contribution in [0.3, 0.4) is 0 Å². The van der Waals surface area contributed by atoms with Gasteiger partial charge in [0.2, 0.25) is 0 Å². The molecule has 1 spiro atoms. The van der Waals surface area contributed by atoms with Crippen LogP contribution in [0.15, 0.2) is 194 Å². The Morgan fingerprint density at radius 3 is 1.24 bits per heavy atom. The molecule has 1 aliphatic heterocycles. The molecule has 0 radical (unpaired) electrons. The van der Waals surface area contributed by atoms with Crippen molar-refractivity contribution in [3.8, 4) is 67.1 Å². The zero-order chi connectivity index (χ0) is 33.1. The number of para-hydroxylation sites is 1. The molecule has 1 heterocycles. The maximum absolute atomic E-state index is 6.86. The average molecular weight is 637 g/mol. The monoisotopic (exact) mass is 636 g/mol. The van der Waals surface area contributed by atoms with Crippen LogP contribution in [0, 0.1) is 0 Å². The van der Waals surface area contributed by atoms with Crippen molar-refractivity contribution < 1.29 is 4.74 Å². The Hall–Kier alpha value is -6.44. The summed E-state index contributed by atoms with van der Waals surface area (Å²) >= 11 is 0. The summed E-state index contributed by atoms with van der Waals surface area (Å²) in [5.41, 5.74) is 16.6. The Labute approximate surface area is 292 Å². The lowest BCUT2D eigenvalue weighted by Crippen LogP contribution is -2.32. The van der Waals surface area contributed by atoms with Gasteiger partial charge in [-0.1, -0.05) is 182 Å². The first kappa shape index (κ1) is 28.6. The Morgan fingerprint density at radius 2 is 0.660 bits per heavy atom. The molecular weight excluding hydrogens is 605 g/mol. The van der Waals surface area contributed by atoms with Gasteiger partial charge >= 0.3 is 0 Å². The first-order valence-electron chi connectivity index (χ1n) is 17.3. The minimum Gasteiger partial charge on any atom is -0.457 e. The summed E-state index contributed by atoms with van der Waals surface area (Å²) in [6.45, 7) is 0. The van der Waals surface area contributed by atoms with Gasteiger partial charge in [0.15, 0.2) is 0 Å². The molecule has 1 aliphatic carbocycles. The van der Waals surface area contributed by atoms with E-state index < -0.39 is 5.41 Å². The fourth-order valence-electron chi connectivity index (χ4n) is 8.54. The third kappa shape index (κ3) is 4.14. The number of ether oxygens (including phenoxy) is 1. The number of fused-ring (bicyclic) bond motifs is 9. The maximum Gasteiger partial charge on any atom is 0.132 e. The molecule has 10 rings (SSSR count). The van der Waals surface area contributed by atoms with Crippen LogP contribution in [-0.2, 0) is 5.41 Å². The zero-order valence-corrected chi connectivity index (χ0v) is 27.4. The molecule has 0 atom stereocenters. The van der Waals surface area contributed by atoms with Gasteiger partial charge < -0.3 is 4.74 Å². The van der Waals surface area contributed by atoms with Gasteiger partial charge in [-0.25, -0.2) is 0 Å². The van der Waals surface area contributed by atoms with Crippen molar-refractivity contribution in [3.05, 3.63) is 216 Å². The van der Waals surface area contributed by atoms with Crippen LogP contribution in [-0.4, -0.2) is 0 Å². The highest BCUT2D eigenvalue weighted by Gasteiger charge is 2.50. The quantitative estimate of drug-likeness (QED) is 0.187. The molecule has 0 aromatic heterocycles. The number of benzene rings is 8. The van der Waals surface area contributed by atoms with Crippen molar-refractivity contribution in [1.29, 1.82) is 0 Å². The summed E-state index contributed by atoms with van der Waals surface area (Å²) < 4.78 is 6.86. The molecule has 1 nitrogen and oxygen atoms in total. The first-order valence-corrected chi connectivity index (χ1v) is 17.3. The van der Waals surface area contributed by atoms with Crippen molar-refractivity contribution in [2.75, 3.05) is 0 Å². The molecule has 0 saturated heterocycles. The van der Waals surface area contributed by atoms with Crippen molar-refractivity contribution in [3.63, 3.8) is 0 Å². The molecule has 0 fully saturated rings. The van der Waals surface area contributed by atoms with E-state index in [1.807, 2.05) is 0 Å². The van der Waals surface area contributed by atoms with E-state index in [0.29, 0.717) is 0 Å². The van der Waals surface area contributed by atoms with E-state index in [4.69, 9.17) is 4.74 Å². The highest BCUT2D eigenvalue weighted by atomic mass is 16.5. The Balaban J connectivity index is 1.17. The van der Waals surface area contributed by atoms with Crippen LogP contribution in [0.4, 0.5) is 0 Å². The van der Waals surface area contributed by atoms with Gasteiger partial charge in [-0.2, -0.15) is 0 Å². The Morgan fingerprint density at radius 1 is 0.260 bits per heavy atom. The van der Waals surface area contributed by atoms with Gasteiger partial charge in [0.25, 0.3) is 0 Å². The number of rotatable bonds is 4. The largest absolute Gasteiger partial charge is 0.457 e. The molecule has 234 valence electrons. The molecule has 8 aromatic carbocycles. The average Bonchev–Trinajstić information content (AvgIpc) is 3.49. The van der Waals surface area contributed by atoms with E-state index in [2.05, 4.69) is 194 Å². The second-order valence-corrected chi connectivity index (χ2v) is 13.2. The molecular formula is C49H32O. The molecule has 0 unspecified atom stereocenters. The molecule has 1 heteroatoms. The van der Waals surface area contributed by atoms with Gasteiger partial charge in [-0.15, -0.1) is 0 Å². The van der Waals surface area contributed by atoms with Crippen LogP contribution < -0.4 is 4.74 Å². The predicted octanol–water partition coefficient (Wildman–Crippen LogP) is 12.8. The van der Waals surface area contributed by atoms with Crippen molar-refractivity contribution in [2.24, 2.45) is 0 Å². The zero-order valence-electron chi connectivity index (χ0n) is 27.4. The number of hydrogen-bond donors (Lipinski definition) is 0. The van der Waals surface area contributed by atoms with Gasteiger partial charge in [0, 0.05) is 11.1 Å². The highest BCUT2D eigenvalue weighted by molar-refractivity contribution is 5.96. The lowest BCUT2D eigenvalue weighted by atomic mass is 9.66. The van der Waals surface area contributed by atoms with Crippen LogP contribution in [0.1, 0.15) is 22.3 Å². The minimum atomic E-state index is -0.469. The SMILES string of the molecule is c1ccc(-c2ccccc2-c2ccccc2-c2ccccc2-c2ccc3c(c2)Oc2ccccc2C32c3ccccc3-c3ccccc32)cc1. The predicted molar refractivity (Wildman–Crippen MR) is 206 cm³/mol. The third-order valence-electron chi connectivity index (χ3n) is 10.6. The van der Waals surface area contributed by atoms with E-state index in [0.717, 1.165) is 17.1 Å². The molecule has 0 amide bonds. The van der Waals surface area contributed by atoms with Crippen molar-refractivity contribution in [2.45, 2.75) is 5.41 Å². The van der Waals surface area contributed by atoms with E-state index in [1.165, 1.54) is 72.3 Å². The summed E-state index contributed by atoms with van der Waals surface area (Å²) in [5.74, 6) is 1.80. The summed E-state index contributed by atoms with van der Waals surface area (Å²) in [6, 6.07) is 70.2. The van der Waals surface area contributed by atoms with E-state index >= 15 is 0 Å². The van der Waals surface area contributed by atoms with Crippen LogP contribution in [0.5, 0.6) is 11.5 Å².